The van der Waals surface area contributed by atoms with Crippen LogP contribution in [-0.2, 0) is 12.8 Å². The van der Waals surface area contributed by atoms with Crippen LogP contribution >= 0.6 is 35.3 Å². The monoisotopic (exact) mass is 303 g/mol. The van der Waals surface area contributed by atoms with Gasteiger partial charge in [-0.3, -0.25) is 0 Å². The van der Waals surface area contributed by atoms with Gasteiger partial charge in [-0.1, -0.05) is 11.6 Å². The largest absolute Gasteiger partial charge is 0.328 e. The van der Waals surface area contributed by atoms with Gasteiger partial charge in [0.25, 0.3) is 0 Å². The molecule has 2 N–H and O–H groups in total. The van der Waals surface area contributed by atoms with E-state index >= 15 is 0 Å². The first kappa shape index (κ1) is 13.7. The second kappa shape index (κ2) is 5.51. The van der Waals surface area contributed by atoms with Crippen LogP contribution < -0.4 is 5.32 Å². The Morgan fingerprint density at radius 1 is 1.39 bits per heavy atom. The van der Waals surface area contributed by atoms with Crippen LogP contribution in [0.2, 0.25) is 4.34 Å². The second-order valence-corrected chi connectivity index (χ2v) is 5.89. The number of aromatic nitrogens is 2. The Morgan fingerprint density at radius 3 is 2.83 bits per heavy atom. The standard InChI is InChI=1S/C12H14ClN3S.ClH/c1-7-6-17-11(13)10(7)16-12-14-8-4-2-3-5-9(8)15-12;/h6H,2-5H2,1H3,(H2,14,15,16);1H. The van der Waals surface area contributed by atoms with Gasteiger partial charge in [-0.05, 0) is 43.6 Å². The zero-order chi connectivity index (χ0) is 11.8. The number of halogens is 2. The summed E-state index contributed by atoms with van der Waals surface area (Å²) < 4.78 is 0.789. The predicted octanol–water partition coefficient (Wildman–Crippen LogP) is 4.48. The minimum absolute atomic E-state index is 0. The van der Waals surface area contributed by atoms with Crippen molar-refractivity contribution in [1.82, 2.24) is 9.97 Å². The van der Waals surface area contributed by atoms with Gasteiger partial charge in [-0.25, -0.2) is 4.98 Å². The molecule has 98 valence electrons. The summed E-state index contributed by atoms with van der Waals surface area (Å²) in [6.07, 6.45) is 4.70. The lowest BCUT2D eigenvalue weighted by Crippen LogP contribution is -2.00. The molecule has 1 aliphatic carbocycles. The molecule has 0 unspecified atom stereocenters. The van der Waals surface area contributed by atoms with Crippen LogP contribution in [0.1, 0.15) is 29.8 Å². The number of hydrogen-bond acceptors (Lipinski definition) is 3. The third kappa shape index (κ3) is 2.51. The van der Waals surface area contributed by atoms with Crippen molar-refractivity contribution in [2.45, 2.75) is 32.6 Å². The Hall–Kier alpha value is -0.710. The van der Waals surface area contributed by atoms with Gasteiger partial charge in [0.05, 0.1) is 11.4 Å². The van der Waals surface area contributed by atoms with Crippen LogP contribution in [0.5, 0.6) is 0 Å². The van der Waals surface area contributed by atoms with Crippen molar-refractivity contribution in [3.05, 3.63) is 26.7 Å². The van der Waals surface area contributed by atoms with Gasteiger partial charge in [0.1, 0.15) is 4.34 Å². The number of fused-ring (bicyclic) bond motifs is 1. The molecule has 0 fully saturated rings. The minimum Gasteiger partial charge on any atom is -0.328 e. The first-order valence-corrected chi connectivity index (χ1v) is 7.08. The van der Waals surface area contributed by atoms with E-state index in [-0.39, 0.29) is 12.4 Å². The summed E-state index contributed by atoms with van der Waals surface area (Å²) in [6.45, 7) is 2.05. The summed E-state index contributed by atoms with van der Waals surface area (Å²) in [5.74, 6) is 0.820. The molecule has 3 rings (SSSR count). The Morgan fingerprint density at radius 2 is 2.17 bits per heavy atom. The maximum Gasteiger partial charge on any atom is 0.205 e. The summed E-state index contributed by atoms with van der Waals surface area (Å²) in [6, 6.07) is 0. The van der Waals surface area contributed by atoms with Crippen LogP contribution in [0.4, 0.5) is 11.6 Å². The van der Waals surface area contributed by atoms with E-state index in [9.17, 15) is 0 Å². The molecule has 0 spiro atoms. The quantitative estimate of drug-likeness (QED) is 0.859. The molecule has 0 aliphatic heterocycles. The van der Waals surface area contributed by atoms with Gasteiger partial charge in [-0.2, -0.15) is 0 Å². The summed E-state index contributed by atoms with van der Waals surface area (Å²) in [5, 5.41) is 5.34. The van der Waals surface area contributed by atoms with Gasteiger partial charge >= 0.3 is 0 Å². The van der Waals surface area contributed by atoms with E-state index in [4.69, 9.17) is 11.6 Å². The number of thiophene rings is 1. The molecular weight excluding hydrogens is 289 g/mol. The predicted molar refractivity (Wildman–Crippen MR) is 79.8 cm³/mol. The van der Waals surface area contributed by atoms with E-state index in [1.807, 2.05) is 12.3 Å². The number of aromatic amines is 1. The van der Waals surface area contributed by atoms with Crippen molar-refractivity contribution in [3.63, 3.8) is 0 Å². The van der Waals surface area contributed by atoms with Gasteiger partial charge in [0.15, 0.2) is 0 Å². The second-order valence-electron chi connectivity index (χ2n) is 4.41. The minimum atomic E-state index is 0. The molecule has 0 bridgehead atoms. The third-order valence-electron chi connectivity index (χ3n) is 3.13. The molecule has 1 aliphatic rings. The molecule has 6 heteroatoms. The first-order chi connectivity index (χ1) is 8.24. The molecule has 2 heterocycles. The van der Waals surface area contributed by atoms with Crippen LogP contribution in [0, 0.1) is 6.92 Å². The van der Waals surface area contributed by atoms with Crippen molar-refractivity contribution in [2.75, 3.05) is 5.32 Å². The molecule has 0 saturated carbocycles. The van der Waals surface area contributed by atoms with Crippen molar-refractivity contribution >= 4 is 47.0 Å². The number of hydrogen-bond donors (Lipinski definition) is 2. The molecule has 0 amide bonds. The fraction of sp³-hybridized carbons (Fsp3) is 0.417. The average Bonchev–Trinajstić information content (AvgIpc) is 2.87. The van der Waals surface area contributed by atoms with E-state index < -0.39 is 0 Å². The molecular formula is C12H15Cl2N3S. The summed E-state index contributed by atoms with van der Waals surface area (Å²) in [4.78, 5) is 7.94. The number of rotatable bonds is 2. The Balaban J connectivity index is 0.00000120. The number of nitrogens with zero attached hydrogens (tertiary/aromatic N) is 1. The van der Waals surface area contributed by atoms with Crippen molar-refractivity contribution < 1.29 is 0 Å². The SMILES string of the molecule is Cc1csc(Cl)c1Nc1nc2c([nH]1)CCCC2.Cl. The van der Waals surface area contributed by atoms with Crippen molar-refractivity contribution in [3.8, 4) is 0 Å². The maximum atomic E-state index is 6.14. The number of imidazole rings is 1. The smallest absolute Gasteiger partial charge is 0.205 e. The van der Waals surface area contributed by atoms with Gasteiger partial charge < -0.3 is 10.3 Å². The Labute approximate surface area is 121 Å². The average molecular weight is 304 g/mol. The van der Waals surface area contributed by atoms with E-state index in [2.05, 4.69) is 15.3 Å². The summed E-state index contributed by atoms with van der Waals surface area (Å²) in [5.41, 5.74) is 4.63. The van der Waals surface area contributed by atoms with Crippen LogP contribution in [0.3, 0.4) is 0 Å². The molecule has 0 aromatic carbocycles. The van der Waals surface area contributed by atoms with E-state index in [0.717, 1.165) is 34.4 Å². The summed E-state index contributed by atoms with van der Waals surface area (Å²) >= 11 is 7.68. The number of H-pyrrole nitrogens is 1. The normalized spacial score (nSPS) is 13.9. The fourth-order valence-electron chi connectivity index (χ4n) is 2.19. The van der Waals surface area contributed by atoms with Crippen molar-refractivity contribution in [1.29, 1.82) is 0 Å². The van der Waals surface area contributed by atoms with Crippen molar-refractivity contribution in [2.24, 2.45) is 0 Å². The number of aryl methyl sites for hydroxylation is 3. The molecule has 3 nitrogen and oxygen atoms in total. The fourth-order valence-corrected chi connectivity index (χ4v) is 3.25. The highest BCUT2D eigenvalue weighted by molar-refractivity contribution is 7.15. The number of nitrogens with one attached hydrogen (secondary N) is 2. The molecule has 0 radical (unpaired) electrons. The highest BCUT2D eigenvalue weighted by Gasteiger charge is 2.15. The van der Waals surface area contributed by atoms with Crippen LogP contribution in [-0.4, -0.2) is 9.97 Å². The highest BCUT2D eigenvalue weighted by Crippen LogP contribution is 2.34. The van der Waals surface area contributed by atoms with E-state index in [0.29, 0.717) is 0 Å². The zero-order valence-electron chi connectivity index (χ0n) is 10.0. The summed E-state index contributed by atoms with van der Waals surface area (Å²) in [7, 11) is 0. The maximum absolute atomic E-state index is 6.14. The number of anilines is 2. The van der Waals surface area contributed by atoms with E-state index in [1.54, 1.807) is 11.3 Å². The zero-order valence-corrected chi connectivity index (χ0v) is 12.4. The highest BCUT2D eigenvalue weighted by atomic mass is 35.5. The lowest BCUT2D eigenvalue weighted by atomic mass is 10.0. The van der Waals surface area contributed by atoms with Gasteiger partial charge in [-0.15, -0.1) is 23.7 Å². The van der Waals surface area contributed by atoms with Gasteiger partial charge in [0, 0.05) is 5.69 Å². The lowest BCUT2D eigenvalue weighted by Gasteiger charge is -2.07. The van der Waals surface area contributed by atoms with Crippen LogP contribution in [0.15, 0.2) is 5.38 Å². The Kier molecular flexibility index (Phi) is 4.20. The molecule has 2 aromatic heterocycles. The lowest BCUT2D eigenvalue weighted by molar-refractivity contribution is 0.667. The molecule has 0 atom stereocenters. The third-order valence-corrected chi connectivity index (χ3v) is 4.47. The van der Waals surface area contributed by atoms with Gasteiger partial charge in [0.2, 0.25) is 5.95 Å². The van der Waals surface area contributed by atoms with Crippen LogP contribution in [0.25, 0.3) is 0 Å². The first-order valence-electron chi connectivity index (χ1n) is 5.82. The topological polar surface area (TPSA) is 40.7 Å². The molecule has 2 aromatic rings. The molecule has 0 saturated heterocycles. The Bertz CT molecular complexity index is 505. The molecule has 18 heavy (non-hydrogen) atoms. The van der Waals surface area contributed by atoms with E-state index in [1.165, 1.54) is 24.2 Å².